The van der Waals surface area contributed by atoms with Crippen molar-refractivity contribution < 1.29 is 17.7 Å². The van der Waals surface area contributed by atoms with Gasteiger partial charge in [-0.2, -0.15) is 0 Å². The maximum Gasteiger partial charge on any atom is 0.242 e. The molecule has 1 aromatic carbocycles. The summed E-state index contributed by atoms with van der Waals surface area (Å²) in [5.41, 5.74) is 0.318. The molecular weight excluding hydrogens is 298 g/mol. The van der Waals surface area contributed by atoms with Crippen LogP contribution in [0, 0.1) is 11.8 Å². The molecule has 0 bridgehead atoms. The highest BCUT2D eigenvalue weighted by Gasteiger charge is 2.20. The van der Waals surface area contributed by atoms with Gasteiger partial charge in [0.1, 0.15) is 6.61 Å². The first kappa shape index (κ1) is 16.9. The second-order valence-corrected chi connectivity index (χ2v) is 7.38. The molecule has 2 atom stereocenters. The first-order chi connectivity index (χ1) is 9.36. The number of aliphatic hydroxyl groups is 1. The van der Waals surface area contributed by atoms with Gasteiger partial charge >= 0.3 is 0 Å². The quantitative estimate of drug-likeness (QED) is 0.754. The van der Waals surface area contributed by atoms with Crippen LogP contribution in [0.5, 0.6) is 0 Å². The molecule has 2 unspecified atom stereocenters. The van der Waals surface area contributed by atoms with Crippen molar-refractivity contribution in [2.24, 2.45) is 0 Å². The Kier molecular flexibility index (Phi) is 6.36. The molecule has 2 N–H and O–H groups in total. The lowest BCUT2D eigenvalue weighted by Crippen LogP contribution is -2.36. The molecule has 0 aliphatic carbocycles. The van der Waals surface area contributed by atoms with Crippen molar-refractivity contribution in [1.82, 2.24) is 4.72 Å². The van der Waals surface area contributed by atoms with E-state index in [0.29, 0.717) is 5.56 Å². The van der Waals surface area contributed by atoms with Crippen LogP contribution in [0.15, 0.2) is 29.2 Å². The lowest BCUT2D eigenvalue weighted by molar-refractivity contribution is 0.350. The number of sulfonamides is 1. The Bertz CT molecular complexity index is 644. The van der Waals surface area contributed by atoms with Crippen molar-refractivity contribution in [3.05, 3.63) is 29.8 Å². The van der Waals surface area contributed by atoms with Gasteiger partial charge in [0.2, 0.25) is 10.0 Å². The highest BCUT2D eigenvalue weighted by atomic mass is 32.2. The van der Waals surface area contributed by atoms with Crippen molar-refractivity contribution in [3.8, 4) is 11.8 Å². The van der Waals surface area contributed by atoms with E-state index in [9.17, 15) is 12.6 Å². The van der Waals surface area contributed by atoms with Gasteiger partial charge in [0.25, 0.3) is 0 Å². The smallest absolute Gasteiger partial charge is 0.242 e. The van der Waals surface area contributed by atoms with Crippen LogP contribution in [0.3, 0.4) is 0 Å². The van der Waals surface area contributed by atoms with Crippen LogP contribution < -0.4 is 4.72 Å². The van der Waals surface area contributed by atoms with Gasteiger partial charge in [0.15, 0.2) is 0 Å². The van der Waals surface area contributed by atoms with E-state index in [1.807, 2.05) is 0 Å². The molecule has 0 radical (unpaired) electrons. The Balaban J connectivity index is 3.07. The number of benzene rings is 1. The predicted molar refractivity (Wildman–Crippen MR) is 79.1 cm³/mol. The van der Waals surface area contributed by atoms with Crippen molar-refractivity contribution in [2.75, 3.05) is 18.6 Å². The van der Waals surface area contributed by atoms with Crippen LogP contribution in [0.25, 0.3) is 0 Å². The second-order valence-electron chi connectivity index (χ2n) is 4.22. The summed E-state index contributed by atoms with van der Waals surface area (Å²) in [4.78, 5) is 0.0506. The Labute approximate surface area is 121 Å². The minimum Gasteiger partial charge on any atom is -0.384 e. The molecule has 20 heavy (non-hydrogen) atoms. The summed E-state index contributed by atoms with van der Waals surface area (Å²) in [6, 6.07) is 5.84. The van der Waals surface area contributed by atoms with Gasteiger partial charge in [-0.15, -0.1) is 0 Å². The fourth-order valence-electron chi connectivity index (χ4n) is 1.65. The van der Waals surface area contributed by atoms with Crippen molar-refractivity contribution in [1.29, 1.82) is 0 Å². The maximum atomic E-state index is 12.3. The van der Waals surface area contributed by atoms with E-state index in [4.69, 9.17) is 5.11 Å². The Hall–Kier alpha value is -1.20. The van der Waals surface area contributed by atoms with Gasteiger partial charge in [-0.3, -0.25) is 4.21 Å². The monoisotopic (exact) mass is 315 g/mol. The van der Waals surface area contributed by atoms with Crippen molar-refractivity contribution in [3.63, 3.8) is 0 Å². The van der Waals surface area contributed by atoms with Crippen molar-refractivity contribution in [2.45, 2.75) is 17.9 Å². The number of hydrogen-bond donors (Lipinski definition) is 2. The maximum absolute atomic E-state index is 12.3. The van der Waals surface area contributed by atoms with Gasteiger partial charge in [-0.05, 0) is 19.1 Å². The second kappa shape index (κ2) is 7.55. The summed E-state index contributed by atoms with van der Waals surface area (Å²) < 4.78 is 38.1. The van der Waals surface area contributed by atoms with Gasteiger partial charge < -0.3 is 5.11 Å². The molecule has 0 fully saturated rings. The highest BCUT2D eigenvalue weighted by Crippen LogP contribution is 2.14. The first-order valence-corrected chi connectivity index (χ1v) is 9.09. The third kappa shape index (κ3) is 5.06. The number of aliphatic hydroxyl groups excluding tert-OH is 1. The Morgan fingerprint density at radius 3 is 2.65 bits per heavy atom. The van der Waals surface area contributed by atoms with Crippen LogP contribution in [0.1, 0.15) is 12.5 Å². The summed E-state index contributed by atoms with van der Waals surface area (Å²) in [5.74, 6) is 5.27. The summed E-state index contributed by atoms with van der Waals surface area (Å²) >= 11 is 0. The van der Waals surface area contributed by atoms with Crippen molar-refractivity contribution >= 4 is 20.8 Å². The normalized spacial score (nSPS) is 14.2. The predicted octanol–water partition coefficient (Wildman–Crippen LogP) is 0.0757. The van der Waals surface area contributed by atoms with Crippen LogP contribution in [0.4, 0.5) is 0 Å². The van der Waals surface area contributed by atoms with Gasteiger partial charge in [0.05, 0.1) is 4.90 Å². The Morgan fingerprint density at radius 2 is 2.05 bits per heavy atom. The molecule has 0 spiro atoms. The van der Waals surface area contributed by atoms with Gasteiger partial charge in [-0.1, -0.05) is 24.0 Å². The molecule has 0 aliphatic heterocycles. The molecule has 110 valence electrons. The molecular formula is C13H17NO4S2. The topological polar surface area (TPSA) is 83.5 Å². The molecule has 7 heteroatoms. The van der Waals surface area contributed by atoms with Crippen LogP contribution >= 0.6 is 0 Å². The SMILES string of the molecule is CC(CS(C)=O)NS(=O)(=O)c1ccccc1C#CCO. The van der Waals surface area contributed by atoms with E-state index in [2.05, 4.69) is 16.6 Å². The molecule has 0 amide bonds. The highest BCUT2D eigenvalue weighted by molar-refractivity contribution is 7.89. The summed E-state index contributed by atoms with van der Waals surface area (Å²) in [5, 5.41) is 8.69. The summed E-state index contributed by atoms with van der Waals surface area (Å²) in [6.45, 7) is 1.31. The molecule has 1 rings (SSSR count). The molecule has 0 aliphatic rings. The molecule has 5 nitrogen and oxygen atoms in total. The van der Waals surface area contributed by atoms with E-state index < -0.39 is 26.9 Å². The molecule has 0 aromatic heterocycles. The number of hydrogen-bond acceptors (Lipinski definition) is 4. The molecule has 1 aromatic rings. The van der Waals surface area contributed by atoms with Crippen LogP contribution in [0.2, 0.25) is 0 Å². The average Bonchev–Trinajstić information content (AvgIpc) is 2.34. The molecule has 0 saturated heterocycles. The van der Waals surface area contributed by atoms with Crippen LogP contribution in [-0.2, 0) is 20.8 Å². The standard InChI is InChI=1S/C13H17NO4S2/c1-11(10-19(2)16)14-20(17,18)13-8-4-3-6-12(13)7-5-9-15/h3-4,6,8,11,14-15H,9-10H2,1-2H3. The third-order valence-corrected chi connectivity index (χ3v) is 4.94. The fraction of sp³-hybridized carbons (Fsp3) is 0.385. The van der Waals surface area contributed by atoms with E-state index in [0.717, 1.165) is 0 Å². The van der Waals surface area contributed by atoms with E-state index >= 15 is 0 Å². The zero-order chi connectivity index (χ0) is 15.2. The molecule has 0 saturated carbocycles. The minimum atomic E-state index is -3.73. The Morgan fingerprint density at radius 1 is 1.40 bits per heavy atom. The average molecular weight is 315 g/mol. The first-order valence-electron chi connectivity index (χ1n) is 5.88. The summed E-state index contributed by atoms with van der Waals surface area (Å²) in [6.07, 6.45) is 1.52. The van der Waals surface area contributed by atoms with E-state index in [1.54, 1.807) is 25.1 Å². The minimum absolute atomic E-state index is 0.0506. The van der Waals surface area contributed by atoms with E-state index in [-0.39, 0.29) is 17.3 Å². The zero-order valence-electron chi connectivity index (χ0n) is 11.3. The lowest BCUT2D eigenvalue weighted by atomic mass is 10.2. The number of nitrogens with one attached hydrogen (secondary N) is 1. The van der Waals surface area contributed by atoms with Gasteiger partial charge in [-0.25, -0.2) is 13.1 Å². The zero-order valence-corrected chi connectivity index (χ0v) is 12.9. The number of rotatable bonds is 5. The molecule has 0 heterocycles. The van der Waals surface area contributed by atoms with Gasteiger partial charge in [0, 0.05) is 34.4 Å². The van der Waals surface area contributed by atoms with E-state index in [1.165, 1.54) is 12.3 Å². The van der Waals surface area contributed by atoms with Crippen LogP contribution in [-0.4, -0.2) is 42.4 Å². The largest absolute Gasteiger partial charge is 0.384 e. The lowest BCUT2D eigenvalue weighted by Gasteiger charge is -2.13. The summed E-state index contributed by atoms with van der Waals surface area (Å²) in [7, 11) is -4.82. The third-order valence-electron chi connectivity index (χ3n) is 2.32. The fourth-order valence-corrected chi connectivity index (χ4v) is 3.95.